The van der Waals surface area contributed by atoms with Crippen LogP contribution in [0.3, 0.4) is 0 Å². The third-order valence-electron chi connectivity index (χ3n) is 3.67. The topological polar surface area (TPSA) is 92.1 Å². The van der Waals surface area contributed by atoms with Crippen LogP contribution in [0.5, 0.6) is 0 Å². The van der Waals surface area contributed by atoms with Gasteiger partial charge in [0.25, 0.3) is 5.91 Å². The molecule has 4 rings (SSSR count). The molecule has 0 fully saturated rings. The van der Waals surface area contributed by atoms with Crippen LogP contribution in [0.2, 0.25) is 0 Å². The summed E-state index contributed by atoms with van der Waals surface area (Å²) in [6.07, 6.45) is 1.74. The SMILES string of the molecule is Cc1nn2cc(CNC(=O)c3cc(=O)[nH]c4cc(F)ccc34)nc2s1. The molecule has 3 heterocycles. The van der Waals surface area contributed by atoms with Crippen LogP contribution >= 0.6 is 11.3 Å². The van der Waals surface area contributed by atoms with E-state index < -0.39 is 17.3 Å². The molecule has 0 aliphatic heterocycles. The number of fused-ring (bicyclic) bond motifs is 2. The maximum Gasteiger partial charge on any atom is 0.252 e. The number of pyridine rings is 1. The smallest absolute Gasteiger partial charge is 0.252 e. The molecule has 0 saturated carbocycles. The standard InChI is InChI=1S/C16H12FN5O2S/c1-8-21-22-7-10(19-16(22)25-8)6-18-15(24)12-5-14(23)20-13-4-9(17)2-3-11(12)13/h2-5,7H,6H2,1H3,(H,18,24)(H,20,23). The number of benzene rings is 1. The number of H-pyrrole nitrogens is 1. The normalized spacial score (nSPS) is 11.3. The van der Waals surface area contributed by atoms with Crippen LogP contribution in [0.25, 0.3) is 15.9 Å². The number of halogens is 1. The van der Waals surface area contributed by atoms with E-state index >= 15 is 0 Å². The van der Waals surface area contributed by atoms with Crippen molar-refractivity contribution >= 4 is 33.1 Å². The molecule has 9 heteroatoms. The number of hydrogen-bond acceptors (Lipinski definition) is 5. The fourth-order valence-corrected chi connectivity index (χ4v) is 3.36. The number of rotatable bonds is 3. The van der Waals surface area contributed by atoms with Gasteiger partial charge in [-0.05, 0) is 25.1 Å². The first-order valence-electron chi connectivity index (χ1n) is 7.42. The Kier molecular flexibility index (Phi) is 3.57. The van der Waals surface area contributed by atoms with Gasteiger partial charge in [0.15, 0.2) is 0 Å². The molecule has 2 N–H and O–H groups in total. The maximum absolute atomic E-state index is 13.3. The van der Waals surface area contributed by atoms with E-state index in [1.807, 2.05) is 6.92 Å². The minimum Gasteiger partial charge on any atom is -0.346 e. The minimum atomic E-state index is -0.485. The van der Waals surface area contributed by atoms with Crippen LogP contribution in [-0.2, 0) is 6.54 Å². The number of hydrogen-bond donors (Lipinski definition) is 2. The summed E-state index contributed by atoms with van der Waals surface area (Å²) in [6, 6.07) is 5.10. The van der Waals surface area contributed by atoms with Gasteiger partial charge in [-0.25, -0.2) is 13.9 Å². The number of aryl methyl sites for hydroxylation is 1. The summed E-state index contributed by atoms with van der Waals surface area (Å²) < 4.78 is 15.0. The highest BCUT2D eigenvalue weighted by molar-refractivity contribution is 7.16. The monoisotopic (exact) mass is 357 g/mol. The van der Waals surface area contributed by atoms with Gasteiger partial charge in [0.05, 0.1) is 29.5 Å². The maximum atomic E-state index is 13.3. The van der Waals surface area contributed by atoms with Gasteiger partial charge in [-0.2, -0.15) is 5.10 Å². The lowest BCUT2D eigenvalue weighted by atomic mass is 10.1. The zero-order valence-corrected chi connectivity index (χ0v) is 13.9. The average molecular weight is 357 g/mol. The molecule has 0 aliphatic carbocycles. The van der Waals surface area contributed by atoms with Crippen molar-refractivity contribution in [2.24, 2.45) is 0 Å². The van der Waals surface area contributed by atoms with Gasteiger partial charge in [-0.1, -0.05) is 11.3 Å². The molecule has 0 spiro atoms. The number of imidazole rings is 1. The van der Waals surface area contributed by atoms with Crippen LogP contribution in [-0.4, -0.2) is 25.5 Å². The number of carbonyl (C=O) groups excluding carboxylic acids is 1. The lowest BCUT2D eigenvalue weighted by Crippen LogP contribution is -2.25. The van der Waals surface area contributed by atoms with Crippen molar-refractivity contribution in [3.63, 3.8) is 0 Å². The molecule has 0 unspecified atom stereocenters. The van der Waals surface area contributed by atoms with Crippen LogP contribution in [0.4, 0.5) is 4.39 Å². The molecule has 0 radical (unpaired) electrons. The Labute approximate surface area is 144 Å². The van der Waals surface area contributed by atoms with E-state index in [4.69, 9.17) is 0 Å². The minimum absolute atomic E-state index is 0.189. The van der Waals surface area contributed by atoms with E-state index in [1.54, 1.807) is 10.7 Å². The fourth-order valence-electron chi connectivity index (χ4n) is 2.62. The van der Waals surface area contributed by atoms with E-state index in [-0.39, 0.29) is 17.6 Å². The Morgan fingerprint density at radius 1 is 1.40 bits per heavy atom. The van der Waals surface area contributed by atoms with Crippen molar-refractivity contribution in [1.82, 2.24) is 24.9 Å². The van der Waals surface area contributed by atoms with Gasteiger partial charge in [0.2, 0.25) is 10.5 Å². The quantitative estimate of drug-likeness (QED) is 0.587. The van der Waals surface area contributed by atoms with Crippen molar-refractivity contribution in [2.75, 3.05) is 0 Å². The summed E-state index contributed by atoms with van der Waals surface area (Å²) in [5.41, 5.74) is 0.659. The second kappa shape index (κ2) is 5.78. The highest BCUT2D eigenvalue weighted by Gasteiger charge is 2.13. The molecular weight excluding hydrogens is 345 g/mol. The molecule has 25 heavy (non-hydrogen) atoms. The molecule has 0 saturated heterocycles. The molecule has 0 bridgehead atoms. The summed E-state index contributed by atoms with van der Waals surface area (Å²) in [4.78, 5) is 31.8. The van der Waals surface area contributed by atoms with Crippen LogP contribution in [0, 0.1) is 12.7 Å². The predicted octanol–water partition coefficient (Wildman–Crippen LogP) is 2.01. The van der Waals surface area contributed by atoms with E-state index in [0.717, 1.165) is 9.97 Å². The van der Waals surface area contributed by atoms with E-state index in [2.05, 4.69) is 20.4 Å². The zero-order valence-electron chi connectivity index (χ0n) is 13.0. The summed E-state index contributed by atoms with van der Waals surface area (Å²) in [6.45, 7) is 2.09. The second-order valence-corrected chi connectivity index (χ2v) is 6.66. The fraction of sp³-hybridized carbons (Fsp3) is 0.125. The van der Waals surface area contributed by atoms with E-state index in [1.165, 1.54) is 35.6 Å². The van der Waals surface area contributed by atoms with Gasteiger partial charge in [0.1, 0.15) is 10.8 Å². The molecule has 0 atom stereocenters. The molecular formula is C16H12FN5O2S. The number of aromatic nitrogens is 4. The summed E-state index contributed by atoms with van der Waals surface area (Å²) in [7, 11) is 0. The van der Waals surface area contributed by atoms with Crippen molar-refractivity contribution in [3.05, 3.63) is 62.9 Å². The molecule has 7 nitrogen and oxygen atoms in total. The Hall–Kier alpha value is -3.07. The molecule has 0 aliphatic rings. The number of nitrogens with one attached hydrogen (secondary N) is 2. The first-order valence-corrected chi connectivity index (χ1v) is 8.24. The van der Waals surface area contributed by atoms with Gasteiger partial charge < -0.3 is 10.3 Å². The van der Waals surface area contributed by atoms with Gasteiger partial charge >= 0.3 is 0 Å². The summed E-state index contributed by atoms with van der Waals surface area (Å²) in [5.74, 6) is -0.912. The summed E-state index contributed by atoms with van der Waals surface area (Å²) >= 11 is 1.46. The van der Waals surface area contributed by atoms with Gasteiger partial charge in [-0.15, -0.1) is 0 Å². The van der Waals surface area contributed by atoms with Gasteiger partial charge in [0, 0.05) is 11.5 Å². The first kappa shape index (κ1) is 15.5. The van der Waals surface area contributed by atoms with Crippen molar-refractivity contribution in [1.29, 1.82) is 0 Å². The lowest BCUT2D eigenvalue weighted by molar-refractivity contribution is 0.0952. The van der Waals surface area contributed by atoms with Gasteiger partial charge in [-0.3, -0.25) is 9.59 Å². The Balaban J connectivity index is 1.61. The number of nitrogens with zero attached hydrogens (tertiary/aromatic N) is 3. The van der Waals surface area contributed by atoms with Crippen molar-refractivity contribution < 1.29 is 9.18 Å². The number of aromatic amines is 1. The number of carbonyl (C=O) groups is 1. The molecule has 4 aromatic rings. The van der Waals surface area contributed by atoms with Crippen LogP contribution < -0.4 is 10.9 Å². The van der Waals surface area contributed by atoms with E-state index in [0.29, 0.717) is 11.1 Å². The van der Waals surface area contributed by atoms with Crippen LogP contribution in [0.15, 0.2) is 35.3 Å². The largest absolute Gasteiger partial charge is 0.346 e. The third-order valence-corrected chi connectivity index (χ3v) is 4.51. The number of amides is 1. The molecule has 3 aromatic heterocycles. The van der Waals surface area contributed by atoms with Crippen molar-refractivity contribution in [2.45, 2.75) is 13.5 Å². The Morgan fingerprint density at radius 3 is 3.04 bits per heavy atom. The van der Waals surface area contributed by atoms with Crippen LogP contribution in [0.1, 0.15) is 21.1 Å². The second-order valence-electron chi connectivity index (χ2n) is 5.50. The third kappa shape index (κ3) is 2.89. The molecule has 1 aromatic carbocycles. The first-order chi connectivity index (χ1) is 12.0. The van der Waals surface area contributed by atoms with Crippen molar-refractivity contribution in [3.8, 4) is 0 Å². The Morgan fingerprint density at radius 2 is 2.24 bits per heavy atom. The highest BCUT2D eigenvalue weighted by Crippen LogP contribution is 2.17. The zero-order chi connectivity index (χ0) is 17.6. The highest BCUT2D eigenvalue weighted by atomic mass is 32.1. The summed E-state index contributed by atoms with van der Waals surface area (Å²) in [5, 5.41) is 8.37. The molecule has 126 valence electrons. The molecule has 1 amide bonds. The Bertz CT molecular complexity index is 1140. The lowest BCUT2D eigenvalue weighted by Gasteiger charge is -2.07. The van der Waals surface area contributed by atoms with E-state index in [9.17, 15) is 14.0 Å². The average Bonchev–Trinajstić information content (AvgIpc) is 3.08. The predicted molar refractivity (Wildman–Crippen MR) is 91.3 cm³/mol.